The normalized spacial score (nSPS) is 12.8. The molecule has 3 aromatic rings. The van der Waals surface area contributed by atoms with Gasteiger partial charge in [0.2, 0.25) is 0 Å². The van der Waals surface area contributed by atoms with E-state index >= 15 is 0 Å². The van der Waals surface area contributed by atoms with Crippen molar-refractivity contribution in [1.82, 2.24) is 0 Å². The Morgan fingerprint density at radius 2 is 1.56 bits per heavy atom. The molecule has 9 heteroatoms. The summed E-state index contributed by atoms with van der Waals surface area (Å²) >= 11 is 0. The molecule has 0 aliphatic heterocycles. The first-order chi connectivity index (χ1) is 15.2. The monoisotopic (exact) mass is 440 g/mol. The molecule has 1 amide bonds. The van der Waals surface area contributed by atoms with Gasteiger partial charge in [-0.25, -0.2) is 9.59 Å². The van der Waals surface area contributed by atoms with Gasteiger partial charge in [0.15, 0.2) is 0 Å². The lowest BCUT2D eigenvalue weighted by molar-refractivity contribution is 0.0696. The van der Waals surface area contributed by atoms with Crippen LogP contribution in [-0.4, -0.2) is 30.8 Å². The molecule has 5 nitrogen and oxygen atoms in total. The van der Waals surface area contributed by atoms with Gasteiger partial charge in [0, 0.05) is 11.6 Å². The molecule has 0 fully saturated rings. The summed E-state index contributed by atoms with van der Waals surface area (Å²) in [5.41, 5.74) is 1.77. The van der Waals surface area contributed by atoms with Gasteiger partial charge in [-0.3, -0.25) is 5.32 Å². The standard InChI is InChI=1S/C23H18BF3NO4/c1-13-19(22(29)30)10-14(11-21(13)24(25,26)27)28-23(31)32-12-20-17-8-4-2-6-15(17)16-7-3-5-9-18(16)20/h2-11,20H,12H2,1H3,(H,28,31)(H,29,30)/q-1. The first-order valence-electron chi connectivity index (χ1n) is 9.86. The Kier molecular flexibility index (Phi) is 5.42. The maximum Gasteiger partial charge on any atom is 0.509 e. The summed E-state index contributed by atoms with van der Waals surface area (Å²) < 4.78 is 45.4. The number of rotatable bonds is 5. The van der Waals surface area contributed by atoms with Crippen LogP contribution in [0.25, 0.3) is 11.1 Å². The molecule has 32 heavy (non-hydrogen) atoms. The summed E-state index contributed by atoms with van der Waals surface area (Å²) in [6.07, 6.45) is -0.965. The predicted octanol–water partition coefficient (Wildman–Crippen LogP) is 5.11. The van der Waals surface area contributed by atoms with Gasteiger partial charge < -0.3 is 22.8 Å². The minimum absolute atomic E-state index is 0.0203. The molecule has 0 spiro atoms. The van der Waals surface area contributed by atoms with Gasteiger partial charge in [-0.2, -0.15) is 0 Å². The lowest BCUT2D eigenvalue weighted by Gasteiger charge is -2.21. The van der Waals surface area contributed by atoms with E-state index in [9.17, 15) is 27.6 Å². The van der Waals surface area contributed by atoms with E-state index in [2.05, 4.69) is 5.32 Å². The zero-order valence-corrected chi connectivity index (χ0v) is 16.9. The van der Waals surface area contributed by atoms with Crippen LogP contribution in [-0.2, 0) is 4.74 Å². The first-order valence-corrected chi connectivity index (χ1v) is 9.86. The predicted molar refractivity (Wildman–Crippen MR) is 116 cm³/mol. The Labute approximate surface area is 181 Å². The van der Waals surface area contributed by atoms with Gasteiger partial charge >= 0.3 is 19.0 Å². The van der Waals surface area contributed by atoms with Crippen LogP contribution in [0, 0.1) is 6.92 Å². The minimum atomic E-state index is -5.46. The van der Waals surface area contributed by atoms with Crippen molar-refractivity contribution < 1.29 is 32.4 Å². The number of benzene rings is 3. The lowest BCUT2D eigenvalue weighted by atomic mass is 9.75. The molecule has 2 N–H and O–H groups in total. The Morgan fingerprint density at radius 3 is 2.09 bits per heavy atom. The van der Waals surface area contributed by atoms with E-state index in [-0.39, 0.29) is 18.2 Å². The molecule has 164 valence electrons. The molecule has 0 atom stereocenters. The molecule has 0 aromatic heterocycles. The Balaban J connectivity index is 1.54. The highest BCUT2D eigenvalue weighted by atomic mass is 19.4. The van der Waals surface area contributed by atoms with Crippen molar-refractivity contribution in [2.45, 2.75) is 12.8 Å². The van der Waals surface area contributed by atoms with Crippen molar-refractivity contribution in [2.75, 3.05) is 11.9 Å². The number of hydrogen-bond donors (Lipinski definition) is 2. The van der Waals surface area contributed by atoms with E-state index in [0.717, 1.165) is 41.3 Å². The number of fused-ring (bicyclic) bond motifs is 3. The van der Waals surface area contributed by atoms with Gasteiger partial charge in [-0.15, -0.1) is 5.46 Å². The van der Waals surface area contributed by atoms with E-state index in [0.29, 0.717) is 0 Å². The number of carboxylic acid groups (broad SMARTS) is 1. The zero-order chi connectivity index (χ0) is 23.0. The van der Waals surface area contributed by atoms with Crippen LogP contribution in [0.2, 0.25) is 0 Å². The van der Waals surface area contributed by atoms with Gasteiger partial charge in [0.25, 0.3) is 0 Å². The van der Waals surface area contributed by atoms with Crippen LogP contribution >= 0.6 is 0 Å². The summed E-state index contributed by atoms with van der Waals surface area (Å²) in [4.78, 5) is 23.7. The van der Waals surface area contributed by atoms with Crippen molar-refractivity contribution in [3.8, 4) is 11.1 Å². The Morgan fingerprint density at radius 1 is 1.00 bits per heavy atom. The van der Waals surface area contributed by atoms with Crippen LogP contribution in [0.15, 0.2) is 60.7 Å². The second-order valence-electron chi connectivity index (χ2n) is 7.57. The van der Waals surface area contributed by atoms with Crippen LogP contribution in [0.4, 0.5) is 23.4 Å². The number of ether oxygens (including phenoxy) is 1. The highest BCUT2D eigenvalue weighted by Gasteiger charge is 2.31. The number of carbonyl (C=O) groups is 2. The number of carbonyl (C=O) groups excluding carboxylic acids is 1. The van der Waals surface area contributed by atoms with Gasteiger partial charge in [-0.05, 0) is 35.2 Å². The molecule has 4 rings (SSSR count). The third kappa shape index (κ3) is 3.93. The molecule has 1 aliphatic rings. The maximum absolute atomic E-state index is 13.4. The first kappa shape index (κ1) is 21.5. The van der Waals surface area contributed by atoms with Crippen molar-refractivity contribution in [2.24, 2.45) is 0 Å². The number of halogens is 3. The van der Waals surface area contributed by atoms with E-state index in [1.54, 1.807) is 0 Å². The fourth-order valence-corrected chi connectivity index (χ4v) is 4.12. The Bertz CT molecular complexity index is 1180. The number of anilines is 1. The van der Waals surface area contributed by atoms with Crippen molar-refractivity contribution in [1.29, 1.82) is 0 Å². The lowest BCUT2D eigenvalue weighted by Crippen LogP contribution is -2.37. The van der Waals surface area contributed by atoms with Crippen LogP contribution < -0.4 is 10.8 Å². The fraction of sp³-hybridized carbons (Fsp3) is 0.130. The Hall–Kier alpha value is -3.75. The van der Waals surface area contributed by atoms with Crippen LogP contribution in [0.3, 0.4) is 0 Å². The summed E-state index contributed by atoms with van der Waals surface area (Å²) in [7, 11) is 0. The van der Waals surface area contributed by atoms with Crippen molar-refractivity contribution in [3.63, 3.8) is 0 Å². The molecule has 3 aromatic carbocycles. The molecule has 0 radical (unpaired) electrons. The number of nitrogens with one attached hydrogen (secondary N) is 1. The summed E-state index contributed by atoms with van der Waals surface area (Å²) in [5.74, 6) is -1.73. The summed E-state index contributed by atoms with van der Waals surface area (Å²) in [6, 6.07) is 17.2. The average molecular weight is 440 g/mol. The van der Waals surface area contributed by atoms with Crippen molar-refractivity contribution >= 4 is 30.2 Å². The number of aromatic carboxylic acids is 1. The van der Waals surface area contributed by atoms with Crippen LogP contribution in [0.1, 0.15) is 33.0 Å². The number of amides is 1. The topological polar surface area (TPSA) is 75.6 Å². The summed E-state index contributed by atoms with van der Waals surface area (Å²) in [6.45, 7) is -4.40. The largest absolute Gasteiger partial charge is 0.509 e. The minimum Gasteiger partial charge on any atom is -0.478 e. The number of carboxylic acids is 1. The zero-order valence-electron chi connectivity index (χ0n) is 16.9. The quantitative estimate of drug-likeness (QED) is 0.541. The molecule has 0 heterocycles. The molecule has 0 bridgehead atoms. The molecule has 0 saturated heterocycles. The van der Waals surface area contributed by atoms with Crippen molar-refractivity contribution in [3.05, 3.63) is 82.9 Å². The highest BCUT2D eigenvalue weighted by molar-refractivity contribution is 6.74. The molecular formula is C23H18BF3NO4-. The maximum atomic E-state index is 13.4. The molecule has 0 unspecified atom stereocenters. The van der Waals surface area contributed by atoms with Crippen LogP contribution in [0.5, 0.6) is 0 Å². The van der Waals surface area contributed by atoms with E-state index in [1.165, 1.54) is 0 Å². The number of hydrogen-bond acceptors (Lipinski definition) is 3. The van der Waals surface area contributed by atoms with E-state index in [1.807, 2.05) is 48.5 Å². The second kappa shape index (κ2) is 8.07. The van der Waals surface area contributed by atoms with E-state index in [4.69, 9.17) is 4.74 Å². The second-order valence-corrected chi connectivity index (χ2v) is 7.57. The average Bonchev–Trinajstić information content (AvgIpc) is 3.06. The smallest absolute Gasteiger partial charge is 0.478 e. The molecular weight excluding hydrogens is 422 g/mol. The van der Waals surface area contributed by atoms with E-state index < -0.39 is 35.6 Å². The third-order valence-corrected chi connectivity index (χ3v) is 5.62. The molecule has 0 saturated carbocycles. The highest BCUT2D eigenvalue weighted by Crippen LogP contribution is 2.44. The van der Waals surface area contributed by atoms with Gasteiger partial charge in [0.1, 0.15) is 6.61 Å². The van der Waals surface area contributed by atoms with Gasteiger partial charge in [0.05, 0.1) is 5.56 Å². The van der Waals surface area contributed by atoms with Gasteiger partial charge in [-0.1, -0.05) is 60.2 Å². The summed E-state index contributed by atoms with van der Waals surface area (Å²) in [5, 5.41) is 11.5. The SMILES string of the molecule is Cc1c(C(=O)O)cc(NC(=O)OCC2c3ccccc3-c3ccccc32)cc1[B-](F)(F)F. The third-order valence-electron chi connectivity index (χ3n) is 5.62. The fourth-order valence-electron chi connectivity index (χ4n) is 4.12. The molecule has 1 aliphatic carbocycles.